The number of nitrogens with two attached hydrogens (primary N) is 1. The zero-order valence-electron chi connectivity index (χ0n) is 9.84. The first-order valence-corrected chi connectivity index (χ1v) is 7.16. The Hall–Kier alpha value is -0.610. The van der Waals surface area contributed by atoms with Crippen molar-refractivity contribution in [3.63, 3.8) is 0 Å². The molecule has 19 heavy (non-hydrogen) atoms. The summed E-state index contributed by atoms with van der Waals surface area (Å²) in [6, 6.07) is 9.76. The fraction of sp³-hybridized carbons (Fsp3) is 0.143. The lowest BCUT2D eigenvalue weighted by atomic mass is 9.99. The molecule has 0 fully saturated rings. The van der Waals surface area contributed by atoms with Gasteiger partial charge in [0.15, 0.2) is 0 Å². The van der Waals surface area contributed by atoms with Crippen LogP contribution in [0.25, 0.3) is 0 Å². The lowest BCUT2D eigenvalue weighted by molar-refractivity contribution is 0.593. The van der Waals surface area contributed by atoms with Crippen LogP contribution in [-0.4, -0.2) is 0 Å². The predicted molar refractivity (Wildman–Crippen MR) is 81.2 cm³/mol. The summed E-state index contributed by atoms with van der Waals surface area (Å²) >= 11 is 15.1. The third-order valence-corrected chi connectivity index (χ3v) is 4.29. The molecule has 1 nitrogen and oxygen atoms in total. The average Bonchev–Trinajstić information content (AvgIpc) is 2.36. The summed E-state index contributed by atoms with van der Waals surface area (Å²) in [5.74, 6) is -0.342. The molecule has 0 saturated heterocycles. The van der Waals surface area contributed by atoms with Crippen molar-refractivity contribution in [1.29, 1.82) is 0 Å². The molecule has 0 heterocycles. The molecule has 0 aliphatic carbocycles. The second-order valence-electron chi connectivity index (χ2n) is 4.22. The van der Waals surface area contributed by atoms with Gasteiger partial charge >= 0.3 is 0 Å². The summed E-state index contributed by atoms with van der Waals surface area (Å²) in [6.07, 6.45) is 0.390. The van der Waals surface area contributed by atoms with E-state index in [1.54, 1.807) is 18.2 Å². The van der Waals surface area contributed by atoms with E-state index in [0.717, 1.165) is 10.0 Å². The van der Waals surface area contributed by atoms with Crippen LogP contribution in [0, 0.1) is 5.82 Å². The maximum atomic E-state index is 13.7. The molecule has 2 rings (SSSR count). The van der Waals surface area contributed by atoms with Crippen LogP contribution in [0.5, 0.6) is 0 Å². The number of benzene rings is 2. The Balaban J connectivity index is 2.20. The van der Waals surface area contributed by atoms with Crippen molar-refractivity contribution in [1.82, 2.24) is 0 Å². The summed E-state index contributed by atoms with van der Waals surface area (Å²) in [4.78, 5) is 0. The van der Waals surface area contributed by atoms with E-state index in [1.165, 1.54) is 6.07 Å². The number of hydrogen-bond donors (Lipinski definition) is 1. The molecule has 1 unspecified atom stereocenters. The molecule has 0 bridgehead atoms. The van der Waals surface area contributed by atoms with Crippen molar-refractivity contribution in [3.8, 4) is 0 Å². The van der Waals surface area contributed by atoms with Crippen molar-refractivity contribution in [3.05, 3.63) is 67.9 Å². The largest absolute Gasteiger partial charge is 0.324 e. The Morgan fingerprint density at radius 2 is 1.89 bits per heavy atom. The molecule has 0 spiro atoms. The van der Waals surface area contributed by atoms with Crippen molar-refractivity contribution >= 4 is 39.1 Å². The van der Waals surface area contributed by atoms with Crippen molar-refractivity contribution in [2.45, 2.75) is 12.5 Å². The minimum atomic E-state index is -0.342. The highest BCUT2D eigenvalue weighted by Crippen LogP contribution is 2.27. The highest BCUT2D eigenvalue weighted by molar-refractivity contribution is 9.10. The van der Waals surface area contributed by atoms with Crippen LogP contribution < -0.4 is 5.73 Å². The van der Waals surface area contributed by atoms with Gasteiger partial charge in [0.05, 0.1) is 5.02 Å². The van der Waals surface area contributed by atoms with Crippen LogP contribution in [0.4, 0.5) is 4.39 Å². The van der Waals surface area contributed by atoms with E-state index >= 15 is 0 Å². The number of halogens is 4. The van der Waals surface area contributed by atoms with Crippen LogP contribution in [0.1, 0.15) is 17.2 Å². The molecule has 1 atom stereocenters. The first-order valence-electron chi connectivity index (χ1n) is 5.62. The van der Waals surface area contributed by atoms with Gasteiger partial charge in [0.1, 0.15) is 5.82 Å². The number of hydrogen-bond acceptors (Lipinski definition) is 1. The first-order chi connectivity index (χ1) is 8.97. The number of rotatable bonds is 3. The summed E-state index contributed by atoms with van der Waals surface area (Å²) in [7, 11) is 0. The standard InChI is InChI=1S/C14H11BrCl2FN/c15-11-4-2-9(5-12(11)17)14(19)6-8-1-3-10(16)7-13(8)18/h1-5,7,14H,6,19H2. The average molecular weight is 363 g/mol. The summed E-state index contributed by atoms with van der Waals surface area (Å²) in [5.41, 5.74) is 7.48. The summed E-state index contributed by atoms with van der Waals surface area (Å²) < 4.78 is 14.5. The maximum Gasteiger partial charge on any atom is 0.127 e. The van der Waals surface area contributed by atoms with Gasteiger partial charge in [-0.2, -0.15) is 0 Å². The second kappa shape index (κ2) is 6.23. The van der Waals surface area contributed by atoms with Crippen molar-refractivity contribution < 1.29 is 4.39 Å². The third-order valence-electron chi connectivity index (χ3n) is 2.83. The Kier molecular flexibility index (Phi) is 4.85. The van der Waals surface area contributed by atoms with Gasteiger partial charge in [0.2, 0.25) is 0 Å². The molecular weight excluding hydrogens is 352 g/mol. The third kappa shape index (κ3) is 3.69. The van der Waals surface area contributed by atoms with Gasteiger partial charge < -0.3 is 5.73 Å². The lowest BCUT2D eigenvalue weighted by Crippen LogP contribution is -2.14. The van der Waals surface area contributed by atoms with Crippen LogP contribution >= 0.6 is 39.1 Å². The van der Waals surface area contributed by atoms with Crippen LogP contribution in [0.2, 0.25) is 10.0 Å². The van der Waals surface area contributed by atoms with Crippen molar-refractivity contribution in [2.75, 3.05) is 0 Å². The molecule has 5 heteroatoms. The zero-order valence-corrected chi connectivity index (χ0v) is 12.9. The minimum absolute atomic E-state index is 0.318. The van der Waals surface area contributed by atoms with E-state index in [-0.39, 0.29) is 11.9 Å². The minimum Gasteiger partial charge on any atom is -0.324 e. The van der Waals surface area contributed by atoms with Gasteiger partial charge in [-0.05, 0) is 57.7 Å². The molecule has 0 aliphatic rings. The van der Waals surface area contributed by atoms with Gasteiger partial charge in [0, 0.05) is 15.5 Å². The Morgan fingerprint density at radius 1 is 1.16 bits per heavy atom. The van der Waals surface area contributed by atoms with Gasteiger partial charge in [0.25, 0.3) is 0 Å². The van der Waals surface area contributed by atoms with E-state index < -0.39 is 0 Å². The van der Waals surface area contributed by atoms with Gasteiger partial charge in [-0.3, -0.25) is 0 Å². The molecule has 0 aromatic heterocycles. The normalized spacial score (nSPS) is 12.5. The maximum absolute atomic E-state index is 13.7. The van der Waals surface area contributed by atoms with E-state index in [1.807, 2.05) is 12.1 Å². The highest BCUT2D eigenvalue weighted by atomic mass is 79.9. The lowest BCUT2D eigenvalue weighted by Gasteiger charge is -2.13. The highest BCUT2D eigenvalue weighted by Gasteiger charge is 2.12. The summed E-state index contributed by atoms with van der Waals surface area (Å²) in [6.45, 7) is 0. The summed E-state index contributed by atoms with van der Waals surface area (Å²) in [5, 5.41) is 0.964. The molecule has 0 aliphatic heterocycles. The molecular formula is C14H11BrCl2FN. The SMILES string of the molecule is NC(Cc1ccc(Cl)cc1F)c1ccc(Br)c(Cl)c1. The van der Waals surface area contributed by atoms with Crippen LogP contribution in [0.3, 0.4) is 0 Å². The van der Waals surface area contributed by atoms with E-state index in [2.05, 4.69) is 15.9 Å². The first kappa shape index (κ1) is 14.8. The Bertz CT molecular complexity index is 604. The monoisotopic (exact) mass is 361 g/mol. The van der Waals surface area contributed by atoms with E-state index in [0.29, 0.717) is 22.0 Å². The Labute approximate surface area is 129 Å². The van der Waals surface area contributed by atoms with Crippen molar-refractivity contribution in [2.24, 2.45) is 5.73 Å². The quantitative estimate of drug-likeness (QED) is 0.803. The molecule has 100 valence electrons. The Morgan fingerprint density at radius 3 is 2.53 bits per heavy atom. The zero-order chi connectivity index (χ0) is 14.0. The fourth-order valence-electron chi connectivity index (χ4n) is 1.79. The molecule has 2 aromatic rings. The van der Waals surface area contributed by atoms with E-state index in [4.69, 9.17) is 28.9 Å². The molecule has 2 N–H and O–H groups in total. The van der Waals surface area contributed by atoms with Crippen LogP contribution in [0.15, 0.2) is 40.9 Å². The topological polar surface area (TPSA) is 26.0 Å². The van der Waals surface area contributed by atoms with E-state index in [9.17, 15) is 4.39 Å². The fourth-order valence-corrected chi connectivity index (χ4v) is 2.38. The molecule has 0 amide bonds. The van der Waals surface area contributed by atoms with Gasteiger partial charge in [-0.15, -0.1) is 0 Å². The predicted octanol–water partition coefficient (Wildman–Crippen LogP) is 5.14. The smallest absolute Gasteiger partial charge is 0.127 e. The molecule has 0 saturated carbocycles. The second-order valence-corrected chi connectivity index (χ2v) is 5.92. The van der Waals surface area contributed by atoms with Crippen LogP contribution in [-0.2, 0) is 6.42 Å². The molecule has 0 radical (unpaired) electrons. The van der Waals surface area contributed by atoms with Gasteiger partial charge in [-0.25, -0.2) is 4.39 Å². The van der Waals surface area contributed by atoms with Gasteiger partial charge in [-0.1, -0.05) is 35.3 Å². The molecule has 2 aromatic carbocycles.